The molecule has 3 atom stereocenters. The van der Waals surface area contributed by atoms with Gasteiger partial charge in [-0.25, -0.2) is 0 Å². The fraction of sp³-hybridized carbons (Fsp3) is 0.333. The van der Waals surface area contributed by atoms with E-state index in [2.05, 4.69) is 28.4 Å². The first-order valence-corrected chi connectivity index (χ1v) is 10.2. The van der Waals surface area contributed by atoms with Crippen LogP contribution < -0.4 is 4.74 Å². The molecule has 152 valence electrons. The summed E-state index contributed by atoms with van der Waals surface area (Å²) >= 11 is 0. The summed E-state index contributed by atoms with van der Waals surface area (Å²) in [5.41, 5.74) is 1.95. The Balaban J connectivity index is 1.17. The van der Waals surface area contributed by atoms with E-state index >= 15 is 0 Å². The third-order valence-electron chi connectivity index (χ3n) is 5.56. The Hall–Kier alpha value is -3.46. The van der Waals surface area contributed by atoms with Gasteiger partial charge in [-0.3, -0.25) is 4.79 Å². The molecule has 2 aliphatic rings. The molecule has 0 radical (unpaired) electrons. The molecule has 1 saturated carbocycles. The van der Waals surface area contributed by atoms with Gasteiger partial charge in [0.15, 0.2) is 0 Å². The van der Waals surface area contributed by atoms with Gasteiger partial charge in [0.2, 0.25) is 0 Å². The summed E-state index contributed by atoms with van der Waals surface area (Å²) in [6, 6.07) is 16.1. The second-order valence-corrected chi connectivity index (χ2v) is 7.67. The number of nitrogens with zero attached hydrogens (tertiary/aromatic N) is 3. The van der Waals surface area contributed by atoms with Gasteiger partial charge >= 0.3 is 5.97 Å². The number of hydrogen-bond donors (Lipinski definition) is 0. The van der Waals surface area contributed by atoms with E-state index in [0.717, 1.165) is 6.42 Å². The van der Waals surface area contributed by atoms with E-state index in [1.807, 2.05) is 0 Å². The maximum absolute atomic E-state index is 11.9. The molecule has 0 amide bonds. The average Bonchev–Trinajstić information content (AvgIpc) is 3.41. The molecule has 0 saturated heterocycles. The van der Waals surface area contributed by atoms with Crippen LogP contribution in [0.3, 0.4) is 0 Å². The number of carbonyl (C=O) groups is 1. The highest BCUT2D eigenvalue weighted by Gasteiger charge is 2.36. The lowest BCUT2D eigenvalue weighted by molar-refractivity contribution is -0.145. The number of nitriles is 1. The van der Waals surface area contributed by atoms with Gasteiger partial charge < -0.3 is 9.47 Å². The fourth-order valence-corrected chi connectivity index (χ4v) is 3.94. The van der Waals surface area contributed by atoms with Gasteiger partial charge in [0.25, 0.3) is 0 Å². The van der Waals surface area contributed by atoms with E-state index in [1.165, 1.54) is 6.42 Å². The van der Waals surface area contributed by atoms with E-state index in [-0.39, 0.29) is 19.0 Å². The van der Waals surface area contributed by atoms with Crippen molar-refractivity contribution in [3.05, 3.63) is 66.2 Å². The van der Waals surface area contributed by atoms with Crippen LogP contribution in [-0.2, 0) is 9.53 Å². The average molecular weight is 401 g/mol. The molecule has 0 spiro atoms. The van der Waals surface area contributed by atoms with Crippen LogP contribution in [0.1, 0.15) is 24.8 Å². The Labute approximate surface area is 175 Å². The quantitative estimate of drug-likeness (QED) is 0.332. The third-order valence-corrected chi connectivity index (χ3v) is 5.56. The molecule has 6 nitrogen and oxygen atoms in total. The first-order chi connectivity index (χ1) is 14.7. The maximum atomic E-state index is 11.9. The Bertz CT molecular complexity index is 974. The Kier molecular flexibility index (Phi) is 6.19. The second kappa shape index (κ2) is 9.36. The molecule has 2 aromatic carbocycles. The zero-order valence-corrected chi connectivity index (χ0v) is 16.6. The van der Waals surface area contributed by atoms with E-state index in [9.17, 15) is 4.79 Å². The standard InChI is InChI=1S/C24H23N3O3/c25-15-17-2-5-21(6-3-17)26-27-22-7-9-23(10-8-22)29-12-11-24(28)30-16-20-14-18-1-4-19(20)13-18/h1-10,18-20H,11-14,16H2. The van der Waals surface area contributed by atoms with Gasteiger partial charge in [-0.1, -0.05) is 12.2 Å². The van der Waals surface area contributed by atoms with Gasteiger partial charge in [0.05, 0.1) is 42.6 Å². The summed E-state index contributed by atoms with van der Waals surface area (Å²) in [5.74, 6) is 2.21. The third kappa shape index (κ3) is 5.12. The summed E-state index contributed by atoms with van der Waals surface area (Å²) in [6.45, 7) is 0.796. The van der Waals surface area contributed by atoms with Crippen molar-refractivity contribution in [3.8, 4) is 11.8 Å². The number of carbonyl (C=O) groups excluding carboxylic acids is 1. The van der Waals surface area contributed by atoms with E-state index < -0.39 is 0 Å². The Morgan fingerprint density at radius 3 is 2.30 bits per heavy atom. The van der Waals surface area contributed by atoms with Crippen LogP contribution in [0.25, 0.3) is 0 Å². The van der Waals surface area contributed by atoms with Gasteiger partial charge in [-0.05, 0) is 79.1 Å². The van der Waals surface area contributed by atoms with Gasteiger partial charge in [-0.2, -0.15) is 15.5 Å². The minimum absolute atomic E-state index is 0.213. The molecule has 2 aliphatic carbocycles. The predicted octanol–water partition coefficient (Wildman–Crippen LogP) is 5.50. The van der Waals surface area contributed by atoms with Crippen LogP contribution >= 0.6 is 0 Å². The SMILES string of the molecule is N#Cc1ccc(N=Nc2ccc(OCCC(=O)OCC3CC4C=CC3C4)cc2)cc1. The highest BCUT2D eigenvalue weighted by molar-refractivity contribution is 5.69. The molecule has 1 fully saturated rings. The van der Waals surface area contributed by atoms with Crippen LogP contribution in [0.4, 0.5) is 11.4 Å². The number of azo groups is 1. The van der Waals surface area contributed by atoms with E-state index in [0.29, 0.717) is 47.0 Å². The lowest BCUT2D eigenvalue weighted by Gasteiger charge is -2.17. The predicted molar refractivity (Wildman–Crippen MR) is 112 cm³/mol. The van der Waals surface area contributed by atoms with Crippen LogP contribution in [0.5, 0.6) is 5.75 Å². The fourth-order valence-electron chi connectivity index (χ4n) is 3.94. The number of hydrogen-bond acceptors (Lipinski definition) is 6. The minimum Gasteiger partial charge on any atom is -0.493 e. The monoisotopic (exact) mass is 401 g/mol. The van der Waals surface area contributed by atoms with E-state index in [4.69, 9.17) is 14.7 Å². The summed E-state index contributed by atoms with van der Waals surface area (Å²) in [7, 11) is 0. The highest BCUT2D eigenvalue weighted by atomic mass is 16.5. The van der Waals surface area contributed by atoms with Crippen LogP contribution in [-0.4, -0.2) is 19.2 Å². The van der Waals surface area contributed by atoms with Gasteiger partial charge in [0, 0.05) is 0 Å². The topological polar surface area (TPSA) is 84.0 Å². The first-order valence-electron chi connectivity index (χ1n) is 10.2. The normalized spacial score (nSPS) is 21.6. The van der Waals surface area contributed by atoms with Crippen molar-refractivity contribution in [1.82, 2.24) is 0 Å². The first kappa shape index (κ1) is 19.8. The van der Waals surface area contributed by atoms with Crippen molar-refractivity contribution < 1.29 is 14.3 Å². The number of ether oxygens (including phenoxy) is 2. The molecule has 0 aromatic heterocycles. The summed E-state index contributed by atoms with van der Waals surface area (Å²) in [6.07, 6.45) is 7.14. The summed E-state index contributed by atoms with van der Waals surface area (Å²) < 4.78 is 11.1. The number of allylic oxidation sites excluding steroid dienone is 2. The van der Waals surface area contributed by atoms with Crippen molar-refractivity contribution in [2.75, 3.05) is 13.2 Å². The van der Waals surface area contributed by atoms with Crippen molar-refractivity contribution in [1.29, 1.82) is 5.26 Å². The lowest BCUT2D eigenvalue weighted by Crippen LogP contribution is -2.18. The zero-order valence-electron chi connectivity index (χ0n) is 16.6. The molecule has 2 bridgehead atoms. The van der Waals surface area contributed by atoms with Crippen molar-refractivity contribution in [2.24, 2.45) is 28.0 Å². The van der Waals surface area contributed by atoms with Crippen molar-refractivity contribution >= 4 is 17.3 Å². The number of esters is 1. The van der Waals surface area contributed by atoms with Crippen LogP contribution in [0, 0.1) is 29.1 Å². The van der Waals surface area contributed by atoms with Crippen molar-refractivity contribution in [2.45, 2.75) is 19.3 Å². The lowest BCUT2D eigenvalue weighted by atomic mass is 9.95. The smallest absolute Gasteiger partial charge is 0.309 e. The molecule has 0 N–H and O–H groups in total. The summed E-state index contributed by atoms with van der Waals surface area (Å²) in [5, 5.41) is 17.1. The zero-order chi connectivity index (χ0) is 20.8. The van der Waals surface area contributed by atoms with Crippen molar-refractivity contribution in [3.63, 3.8) is 0 Å². The molecule has 0 aliphatic heterocycles. The highest BCUT2D eigenvalue weighted by Crippen LogP contribution is 2.43. The van der Waals surface area contributed by atoms with Crippen LogP contribution in [0.2, 0.25) is 0 Å². The Morgan fingerprint density at radius 2 is 1.70 bits per heavy atom. The molecule has 2 aromatic rings. The number of rotatable bonds is 8. The molecule has 0 heterocycles. The molecule has 3 unspecified atom stereocenters. The summed E-state index contributed by atoms with van der Waals surface area (Å²) in [4.78, 5) is 11.9. The second-order valence-electron chi connectivity index (χ2n) is 7.67. The Morgan fingerprint density at radius 1 is 1.00 bits per heavy atom. The minimum atomic E-state index is -0.213. The molecular weight excluding hydrogens is 378 g/mol. The molecule has 4 rings (SSSR count). The number of benzene rings is 2. The van der Waals surface area contributed by atoms with Gasteiger partial charge in [-0.15, -0.1) is 0 Å². The molecule has 6 heteroatoms. The molecular formula is C24H23N3O3. The number of fused-ring (bicyclic) bond motifs is 2. The largest absolute Gasteiger partial charge is 0.493 e. The van der Waals surface area contributed by atoms with Gasteiger partial charge in [0.1, 0.15) is 5.75 Å². The van der Waals surface area contributed by atoms with Crippen LogP contribution in [0.15, 0.2) is 70.9 Å². The molecule has 30 heavy (non-hydrogen) atoms. The van der Waals surface area contributed by atoms with E-state index in [1.54, 1.807) is 48.5 Å². The maximum Gasteiger partial charge on any atom is 0.309 e.